The van der Waals surface area contributed by atoms with Gasteiger partial charge in [0, 0.05) is 24.9 Å². The molecule has 0 spiro atoms. The summed E-state index contributed by atoms with van der Waals surface area (Å²) in [4.78, 5) is 35.5. The Labute approximate surface area is 188 Å². The van der Waals surface area contributed by atoms with Gasteiger partial charge in [0.05, 0.1) is 28.2 Å². The average molecular weight is 456 g/mol. The van der Waals surface area contributed by atoms with Crippen molar-refractivity contribution in [2.75, 3.05) is 19.5 Å². The van der Waals surface area contributed by atoms with E-state index in [1.165, 1.54) is 44.5 Å². The first-order valence-corrected chi connectivity index (χ1v) is 9.63. The van der Waals surface area contributed by atoms with Crippen LogP contribution in [0.2, 0.25) is 5.02 Å². The molecule has 164 valence electrons. The zero-order valence-electron chi connectivity index (χ0n) is 17.0. The first-order valence-electron chi connectivity index (χ1n) is 9.25. The standard InChI is InChI=1S/C22H18ClN3O6/c1-24-21(27)17-11-13(3-9-19(17)23)25-22(28)18-12-14(26(29)30)4-10-20(18)32-16-7-5-15(31-2)6-8-16/h3-12H,1-2H3,(H,24,27)(H,25,28). The number of carbonyl (C=O) groups is 2. The number of carbonyl (C=O) groups excluding carboxylic acids is 2. The summed E-state index contributed by atoms with van der Waals surface area (Å²) in [5.41, 5.74) is 0.103. The number of non-ortho nitro benzene ring substituents is 1. The number of hydrogen-bond donors (Lipinski definition) is 2. The minimum absolute atomic E-state index is 0.0635. The highest BCUT2D eigenvalue weighted by Gasteiger charge is 2.20. The molecule has 0 saturated carbocycles. The van der Waals surface area contributed by atoms with Gasteiger partial charge in [-0.3, -0.25) is 19.7 Å². The van der Waals surface area contributed by atoms with E-state index in [9.17, 15) is 19.7 Å². The fraction of sp³-hybridized carbons (Fsp3) is 0.0909. The first-order chi connectivity index (χ1) is 15.3. The van der Waals surface area contributed by atoms with Crippen LogP contribution in [0.25, 0.3) is 0 Å². The number of anilines is 1. The van der Waals surface area contributed by atoms with E-state index in [0.717, 1.165) is 6.07 Å². The molecule has 3 aromatic rings. The predicted octanol–water partition coefficient (Wildman–Crippen LogP) is 4.66. The molecule has 0 fully saturated rings. The number of nitro benzene ring substituents is 1. The molecule has 2 N–H and O–H groups in total. The number of nitrogens with zero attached hydrogens (tertiary/aromatic N) is 1. The van der Waals surface area contributed by atoms with Gasteiger partial charge in [-0.05, 0) is 48.5 Å². The molecular weight excluding hydrogens is 438 g/mol. The van der Waals surface area contributed by atoms with Crippen molar-refractivity contribution in [3.8, 4) is 17.2 Å². The van der Waals surface area contributed by atoms with Crippen molar-refractivity contribution in [2.45, 2.75) is 0 Å². The van der Waals surface area contributed by atoms with Gasteiger partial charge in [0.25, 0.3) is 17.5 Å². The number of amides is 2. The van der Waals surface area contributed by atoms with Crippen LogP contribution in [0, 0.1) is 10.1 Å². The van der Waals surface area contributed by atoms with Crippen LogP contribution in [0.1, 0.15) is 20.7 Å². The summed E-state index contributed by atoms with van der Waals surface area (Å²) < 4.78 is 10.9. The SMILES string of the molecule is CNC(=O)c1cc(NC(=O)c2cc([N+](=O)[O-])ccc2Oc2ccc(OC)cc2)ccc1Cl. The van der Waals surface area contributed by atoms with Crippen LogP contribution in [-0.4, -0.2) is 30.9 Å². The van der Waals surface area contributed by atoms with Crippen LogP contribution < -0.4 is 20.1 Å². The second-order valence-electron chi connectivity index (χ2n) is 6.44. The maximum absolute atomic E-state index is 13.0. The normalized spacial score (nSPS) is 10.2. The quantitative estimate of drug-likeness (QED) is 0.395. The minimum Gasteiger partial charge on any atom is -0.497 e. The lowest BCUT2D eigenvalue weighted by molar-refractivity contribution is -0.384. The third kappa shape index (κ3) is 5.13. The molecule has 3 rings (SSSR count). The Kier molecular flexibility index (Phi) is 6.91. The predicted molar refractivity (Wildman–Crippen MR) is 119 cm³/mol. The van der Waals surface area contributed by atoms with Crippen LogP contribution in [0.5, 0.6) is 17.2 Å². The minimum atomic E-state index is -0.664. The van der Waals surface area contributed by atoms with E-state index in [-0.39, 0.29) is 33.3 Å². The highest BCUT2D eigenvalue weighted by molar-refractivity contribution is 6.34. The molecule has 0 radical (unpaired) electrons. The monoisotopic (exact) mass is 455 g/mol. The molecule has 0 unspecified atom stereocenters. The number of rotatable bonds is 7. The fourth-order valence-electron chi connectivity index (χ4n) is 2.78. The van der Waals surface area contributed by atoms with E-state index in [1.54, 1.807) is 24.3 Å². The van der Waals surface area contributed by atoms with Crippen molar-refractivity contribution in [3.63, 3.8) is 0 Å². The second-order valence-corrected chi connectivity index (χ2v) is 6.85. The van der Waals surface area contributed by atoms with Crippen LogP contribution in [0.3, 0.4) is 0 Å². The van der Waals surface area contributed by atoms with Crippen molar-refractivity contribution in [2.24, 2.45) is 0 Å². The molecule has 0 aliphatic heterocycles. The fourth-order valence-corrected chi connectivity index (χ4v) is 2.98. The van der Waals surface area contributed by atoms with Crippen molar-refractivity contribution < 1.29 is 24.0 Å². The van der Waals surface area contributed by atoms with Crippen molar-refractivity contribution in [1.29, 1.82) is 0 Å². The molecule has 32 heavy (non-hydrogen) atoms. The Hall–Kier alpha value is -4.11. The van der Waals surface area contributed by atoms with Crippen LogP contribution in [0.4, 0.5) is 11.4 Å². The summed E-state index contributed by atoms with van der Waals surface area (Å²) in [6.07, 6.45) is 0. The van der Waals surface area contributed by atoms with Gasteiger partial charge in [-0.1, -0.05) is 11.6 Å². The largest absolute Gasteiger partial charge is 0.497 e. The zero-order valence-corrected chi connectivity index (χ0v) is 17.8. The summed E-state index contributed by atoms with van der Waals surface area (Å²) in [5, 5.41) is 16.5. The highest BCUT2D eigenvalue weighted by atomic mass is 35.5. The maximum Gasteiger partial charge on any atom is 0.270 e. The van der Waals surface area contributed by atoms with Crippen molar-refractivity contribution in [1.82, 2.24) is 5.32 Å². The Morgan fingerprint density at radius 1 is 0.938 bits per heavy atom. The van der Waals surface area contributed by atoms with Crippen LogP contribution in [0.15, 0.2) is 60.7 Å². The summed E-state index contributed by atoms with van der Waals surface area (Å²) in [5.74, 6) is 0.0434. The van der Waals surface area contributed by atoms with E-state index in [0.29, 0.717) is 11.5 Å². The number of methoxy groups -OCH3 is 1. The van der Waals surface area contributed by atoms with Gasteiger partial charge in [0.1, 0.15) is 17.2 Å². The summed E-state index contributed by atoms with van der Waals surface area (Å²) in [6, 6.07) is 14.7. The van der Waals surface area contributed by atoms with E-state index in [4.69, 9.17) is 21.1 Å². The molecule has 0 saturated heterocycles. The zero-order chi connectivity index (χ0) is 23.3. The molecule has 3 aromatic carbocycles. The molecular formula is C22H18ClN3O6. The molecule has 0 aliphatic rings. The molecule has 10 heteroatoms. The van der Waals surface area contributed by atoms with Gasteiger partial charge >= 0.3 is 0 Å². The summed E-state index contributed by atoms with van der Waals surface area (Å²) in [7, 11) is 2.98. The van der Waals surface area contributed by atoms with Crippen LogP contribution in [-0.2, 0) is 0 Å². The number of nitro groups is 1. The molecule has 0 heterocycles. The van der Waals surface area contributed by atoms with Gasteiger partial charge in [-0.25, -0.2) is 0 Å². The molecule has 2 amide bonds. The Bertz CT molecular complexity index is 1180. The summed E-state index contributed by atoms with van der Waals surface area (Å²) >= 11 is 6.04. The van der Waals surface area contributed by atoms with Gasteiger partial charge in [-0.2, -0.15) is 0 Å². The number of ether oxygens (including phenoxy) is 2. The van der Waals surface area contributed by atoms with Crippen molar-refractivity contribution >= 4 is 34.8 Å². The lowest BCUT2D eigenvalue weighted by atomic mass is 10.1. The van der Waals surface area contributed by atoms with Crippen molar-refractivity contribution in [3.05, 3.63) is 86.9 Å². The Balaban J connectivity index is 1.93. The van der Waals surface area contributed by atoms with E-state index < -0.39 is 16.7 Å². The molecule has 0 atom stereocenters. The Morgan fingerprint density at radius 3 is 2.25 bits per heavy atom. The van der Waals surface area contributed by atoms with Gasteiger partial charge in [0.15, 0.2) is 0 Å². The van der Waals surface area contributed by atoms with Gasteiger partial charge in [0.2, 0.25) is 0 Å². The lowest BCUT2D eigenvalue weighted by Gasteiger charge is -2.13. The number of halogens is 1. The number of benzene rings is 3. The topological polar surface area (TPSA) is 120 Å². The van der Waals surface area contributed by atoms with Crippen LogP contribution >= 0.6 is 11.6 Å². The Morgan fingerprint density at radius 2 is 1.62 bits per heavy atom. The highest BCUT2D eigenvalue weighted by Crippen LogP contribution is 2.31. The van der Waals surface area contributed by atoms with E-state index in [1.807, 2.05) is 0 Å². The number of nitrogens with one attached hydrogen (secondary N) is 2. The third-order valence-electron chi connectivity index (χ3n) is 4.40. The molecule has 9 nitrogen and oxygen atoms in total. The van der Waals surface area contributed by atoms with Gasteiger partial charge in [-0.15, -0.1) is 0 Å². The van der Waals surface area contributed by atoms with Gasteiger partial charge < -0.3 is 20.1 Å². The second kappa shape index (κ2) is 9.80. The lowest BCUT2D eigenvalue weighted by Crippen LogP contribution is -2.19. The first kappa shape index (κ1) is 22.6. The summed E-state index contributed by atoms with van der Waals surface area (Å²) in [6.45, 7) is 0. The molecule has 0 bridgehead atoms. The maximum atomic E-state index is 13.0. The van der Waals surface area contributed by atoms with E-state index in [2.05, 4.69) is 10.6 Å². The molecule has 0 aromatic heterocycles. The van der Waals surface area contributed by atoms with E-state index >= 15 is 0 Å². The third-order valence-corrected chi connectivity index (χ3v) is 4.73. The average Bonchev–Trinajstić information content (AvgIpc) is 2.80. The number of hydrogen-bond acceptors (Lipinski definition) is 6. The molecule has 0 aliphatic carbocycles. The smallest absolute Gasteiger partial charge is 0.270 e.